The molecule has 0 bridgehead atoms. The normalized spacial score (nSPS) is 18.2. The standard InChI is InChI=1S/C18H20F2N2O2S/c1-14(15-5-7-16(19)8-6-15)21-9-11-22(12-10-21)25(23,24)18-4-2-3-17(20)13-18/h2-8,13-14H,9-12H2,1H3/p+1/t14-/m0/s1. The Morgan fingerprint density at radius 3 is 2.24 bits per heavy atom. The third-order valence-corrected chi connectivity index (χ3v) is 6.68. The van der Waals surface area contributed by atoms with Crippen LogP contribution in [0.4, 0.5) is 8.78 Å². The molecule has 25 heavy (non-hydrogen) atoms. The lowest BCUT2D eigenvalue weighted by atomic mass is 10.1. The van der Waals surface area contributed by atoms with Gasteiger partial charge < -0.3 is 4.90 Å². The van der Waals surface area contributed by atoms with Gasteiger partial charge in [-0.2, -0.15) is 4.31 Å². The molecule has 1 saturated heterocycles. The van der Waals surface area contributed by atoms with Crippen molar-refractivity contribution in [3.05, 3.63) is 65.7 Å². The van der Waals surface area contributed by atoms with E-state index >= 15 is 0 Å². The van der Waals surface area contributed by atoms with Gasteiger partial charge in [0.15, 0.2) is 0 Å². The molecule has 1 fully saturated rings. The lowest BCUT2D eigenvalue weighted by Crippen LogP contribution is -3.14. The van der Waals surface area contributed by atoms with Gasteiger partial charge in [-0.3, -0.25) is 0 Å². The van der Waals surface area contributed by atoms with Crippen LogP contribution >= 0.6 is 0 Å². The van der Waals surface area contributed by atoms with Gasteiger partial charge in [-0.1, -0.05) is 18.2 Å². The van der Waals surface area contributed by atoms with Crippen LogP contribution in [0.15, 0.2) is 53.4 Å². The van der Waals surface area contributed by atoms with Crippen molar-refractivity contribution < 1.29 is 22.1 Å². The lowest BCUT2D eigenvalue weighted by Gasteiger charge is -2.35. The molecular weight excluding hydrogens is 346 g/mol. The van der Waals surface area contributed by atoms with Crippen LogP contribution in [0.1, 0.15) is 18.5 Å². The monoisotopic (exact) mass is 367 g/mol. The lowest BCUT2D eigenvalue weighted by molar-refractivity contribution is -0.933. The predicted molar refractivity (Wildman–Crippen MR) is 90.7 cm³/mol. The molecule has 0 aliphatic carbocycles. The second-order valence-electron chi connectivity index (χ2n) is 6.29. The smallest absolute Gasteiger partial charge is 0.243 e. The first-order valence-electron chi connectivity index (χ1n) is 8.23. The Morgan fingerprint density at radius 1 is 1.00 bits per heavy atom. The number of rotatable bonds is 4. The highest BCUT2D eigenvalue weighted by atomic mass is 32.2. The van der Waals surface area contributed by atoms with Crippen LogP contribution in [-0.4, -0.2) is 38.9 Å². The summed E-state index contributed by atoms with van der Waals surface area (Å²) in [6.07, 6.45) is 0. The first-order valence-corrected chi connectivity index (χ1v) is 9.68. The van der Waals surface area contributed by atoms with E-state index in [0.717, 1.165) is 11.6 Å². The van der Waals surface area contributed by atoms with Gasteiger partial charge in [-0.15, -0.1) is 0 Å². The highest BCUT2D eigenvalue weighted by Gasteiger charge is 2.32. The third kappa shape index (κ3) is 3.89. The van der Waals surface area contributed by atoms with Gasteiger partial charge in [0.25, 0.3) is 0 Å². The summed E-state index contributed by atoms with van der Waals surface area (Å²) >= 11 is 0. The maximum Gasteiger partial charge on any atom is 0.243 e. The molecule has 2 aromatic rings. The fraction of sp³-hybridized carbons (Fsp3) is 0.333. The van der Waals surface area contributed by atoms with Crippen LogP contribution in [0.3, 0.4) is 0 Å². The third-order valence-electron chi connectivity index (χ3n) is 4.78. The van der Waals surface area contributed by atoms with Crippen molar-refractivity contribution in [3.8, 4) is 0 Å². The quantitative estimate of drug-likeness (QED) is 0.892. The number of hydrogen-bond acceptors (Lipinski definition) is 2. The van der Waals surface area contributed by atoms with Crippen molar-refractivity contribution in [1.29, 1.82) is 0 Å². The van der Waals surface area contributed by atoms with E-state index in [1.807, 2.05) is 0 Å². The summed E-state index contributed by atoms with van der Waals surface area (Å²) in [5.74, 6) is -0.827. The Hall–Kier alpha value is -1.83. The molecule has 0 unspecified atom stereocenters. The van der Waals surface area contributed by atoms with Crippen molar-refractivity contribution in [2.45, 2.75) is 17.9 Å². The highest BCUT2D eigenvalue weighted by molar-refractivity contribution is 7.89. The first-order chi connectivity index (χ1) is 11.9. The van der Waals surface area contributed by atoms with Crippen LogP contribution in [0, 0.1) is 11.6 Å². The number of hydrogen-bond donors (Lipinski definition) is 1. The van der Waals surface area contributed by atoms with Crippen molar-refractivity contribution >= 4 is 10.0 Å². The molecule has 0 saturated carbocycles. The topological polar surface area (TPSA) is 41.8 Å². The van der Waals surface area contributed by atoms with Crippen molar-refractivity contribution in [1.82, 2.24) is 4.31 Å². The second kappa shape index (κ2) is 7.19. The predicted octanol–water partition coefficient (Wildman–Crippen LogP) is 1.62. The zero-order valence-corrected chi connectivity index (χ0v) is 14.8. The summed E-state index contributed by atoms with van der Waals surface area (Å²) in [6.45, 7) is 4.10. The van der Waals surface area contributed by atoms with Crippen molar-refractivity contribution in [2.75, 3.05) is 26.2 Å². The summed E-state index contributed by atoms with van der Waals surface area (Å²) < 4.78 is 53.1. The number of piperazine rings is 1. The van der Waals surface area contributed by atoms with Gasteiger partial charge >= 0.3 is 0 Å². The average molecular weight is 367 g/mol. The Balaban J connectivity index is 1.68. The van der Waals surface area contributed by atoms with Crippen LogP contribution in [0.5, 0.6) is 0 Å². The van der Waals surface area contributed by atoms with E-state index in [0.29, 0.717) is 26.2 Å². The van der Waals surface area contributed by atoms with Gasteiger partial charge in [0, 0.05) is 5.56 Å². The minimum absolute atomic E-state index is 0.0115. The fourth-order valence-corrected chi connectivity index (χ4v) is 4.68. The summed E-state index contributed by atoms with van der Waals surface area (Å²) in [7, 11) is -3.67. The molecule has 3 rings (SSSR count). The van der Waals surface area contributed by atoms with Gasteiger partial charge in [0.1, 0.15) is 17.7 Å². The van der Waals surface area contributed by atoms with E-state index < -0.39 is 15.8 Å². The van der Waals surface area contributed by atoms with E-state index in [1.165, 1.54) is 39.5 Å². The molecule has 2 aromatic carbocycles. The Bertz CT molecular complexity index is 832. The molecule has 1 atom stereocenters. The molecule has 134 valence electrons. The van der Waals surface area contributed by atoms with Gasteiger partial charge in [0.2, 0.25) is 10.0 Å². The van der Waals surface area contributed by atoms with Crippen LogP contribution in [0.2, 0.25) is 0 Å². The molecule has 1 N–H and O–H groups in total. The molecule has 1 heterocycles. The molecule has 0 spiro atoms. The van der Waals surface area contributed by atoms with Crippen LogP contribution < -0.4 is 4.90 Å². The Labute approximate surface area is 146 Å². The Morgan fingerprint density at radius 2 is 1.64 bits per heavy atom. The number of nitrogens with zero attached hydrogens (tertiary/aromatic N) is 1. The van der Waals surface area contributed by atoms with Crippen LogP contribution in [-0.2, 0) is 10.0 Å². The number of sulfonamides is 1. The number of benzene rings is 2. The number of halogens is 2. The van der Waals surface area contributed by atoms with Crippen LogP contribution in [0.25, 0.3) is 0 Å². The number of nitrogens with one attached hydrogen (secondary N) is 1. The minimum atomic E-state index is -3.67. The average Bonchev–Trinajstić information content (AvgIpc) is 2.62. The Kier molecular flexibility index (Phi) is 5.17. The van der Waals surface area contributed by atoms with E-state index in [9.17, 15) is 17.2 Å². The zero-order valence-electron chi connectivity index (χ0n) is 14.0. The maximum absolute atomic E-state index is 13.3. The van der Waals surface area contributed by atoms with E-state index in [1.54, 1.807) is 12.1 Å². The van der Waals surface area contributed by atoms with Crippen molar-refractivity contribution in [3.63, 3.8) is 0 Å². The molecule has 1 aliphatic rings. The molecular formula is C18H21F2N2O2S+. The van der Waals surface area contributed by atoms with Gasteiger partial charge in [0.05, 0.1) is 31.1 Å². The first kappa shape index (κ1) is 18.0. The molecule has 0 amide bonds. The highest BCUT2D eigenvalue weighted by Crippen LogP contribution is 2.17. The van der Waals surface area contributed by atoms with Gasteiger partial charge in [-0.05, 0) is 37.3 Å². The molecule has 1 aliphatic heterocycles. The molecule has 0 radical (unpaired) electrons. The molecule has 0 aromatic heterocycles. The summed E-state index contributed by atoms with van der Waals surface area (Å²) in [6, 6.07) is 11.7. The van der Waals surface area contributed by atoms with E-state index in [-0.39, 0.29) is 16.8 Å². The maximum atomic E-state index is 13.3. The summed E-state index contributed by atoms with van der Waals surface area (Å²) in [5.41, 5.74) is 1.03. The fourth-order valence-electron chi connectivity index (χ4n) is 3.21. The SMILES string of the molecule is C[C@@H](c1ccc(F)cc1)[NH+]1CCN(S(=O)(=O)c2cccc(F)c2)CC1. The summed E-state index contributed by atoms with van der Waals surface area (Å²) in [5, 5.41) is 0. The second-order valence-corrected chi connectivity index (χ2v) is 8.23. The zero-order chi connectivity index (χ0) is 18.0. The molecule has 4 nitrogen and oxygen atoms in total. The van der Waals surface area contributed by atoms with E-state index in [2.05, 4.69) is 6.92 Å². The summed E-state index contributed by atoms with van der Waals surface area (Å²) in [4.78, 5) is 1.24. The largest absolute Gasteiger partial charge is 0.327 e. The van der Waals surface area contributed by atoms with Gasteiger partial charge in [-0.25, -0.2) is 17.2 Å². The number of quaternary nitrogens is 1. The molecule has 7 heteroatoms. The van der Waals surface area contributed by atoms with Crippen molar-refractivity contribution in [2.24, 2.45) is 0 Å². The minimum Gasteiger partial charge on any atom is -0.327 e. The van der Waals surface area contributed by atoms with E-state index in [4.69, 9.17) is 0 Å².